The van der Waals surface area contributed by atoms with Crippen LogP contribution in [0, 0.1) is 0 Å². The van der Waals surface area contributed by atoms with Crippen LogP contribution in [-0.4, -0.2) is 33.4 Å². The molecule has 0 bridgehead atoms. The number of nitrogens with zero attached hydrogens (tertiary/aromatic N) is 2. The molecule has 1 aliphatic carbocycles. The Kier molecular flexibility index (Phi) is 10.1. The Balaban J connectivity index is 1.16. The maximum absolute atomic E-state index is 12.8. The largest absolute Gasteiger partial charge is 0.480 e. The van der Waals surface area contributed by atoms with Crippen molar-refractivity contribution < 1.29 is 14.7 Å². The van der Waals surface area contributed by atoms with E-state index in [0.29, 0.717) is 31.1 Å². The number of hydrogen-bond donors (Lipinski definition) is 2. The van der Waals surface area contributed by atoms with Crippen molar-refractivity contribution in [3.63, 3.8) is 0 Å². The van der Waals surface area contributed by atoms with Gasteiger partial charge in [-0.05, 0) is 65.1 Å². The first kappa shape index (κ1) is 31.1. The highest BCUT2D eigenvalue weighted by Crippen LogP contribution is 2.33. The number of thiazole rings is 1. The molecule has 8 heteroatoms. The molecule has 4 aromatic rings. The average Bonchev–Trinajstić information content (AvgIpc) is 3.67. The molecule has 1 fully saturated rings. The summed E-state index contributed by atoms with van der Waals surface area (Å²) in [6.45, 7) is 7.95. The molecule has 1 aliphatic rings. The van der Waals surface area contributed by atoms with Crippen molar-refractivity contribution in [3.8, 4) is 10.4 Å². The summed E-state index contributed by atoms with van der Waals surface area (Å²) >= 11 is 3.29. The second-order valence-electron chi connectivity index (χ2n) is 12.5. The molecule has 0 aliphatic heterocycles. The van der Waals surface area contributed by atoms with Gasteiger partial charge in [0.1, 0.15) is 5.01 Å². The van der Waals surface area contributed by atoms with E-state index in [1.807, 2.05) is 35.4 Å². The van der Waals surface area contributed by atoms with Crippen LogP contribution in [0.2, 0.25) is 0 Å². The summed E-state index contributed by atoms with van der Waals surface area (Å²) in [5.74, 6) is -0.255. The minimum absolute atomic E-state index is 0.0205. The smallest absolute Gasteiger partial charge is 0.317 e. The number of hydrogen-bond acceptors (Lipinski definition) is 6. The number of aromatic nitrogens is 1. The predicted octanol–water partition coefficient (Wildman–Crippen LogP) is 8.23. The van der Waals surface area contributed by atoms with Gasteiger partial charge < -0.3 is 10.4 Å². The highest BCUT2D eigenvalue weighted by molar-refractivity contribution is 7.15. The van der Waals surface area contributed by atoms with Crippen LogP contribution in [0.3, 0.4) is 0 Å². The fraction of sp³-hybridized carbons (Fsp3) is 0.400. The Morgan fingerprint density at radius 3 is 2.30 bits per heavy atom. The second-order valence-corrected chi connectivity index (χ2v) is 14.8. The van der Waals surface area contributed by atoms with E-state index in [9.17, 15) is 14.7 Å². The first-order valence-electron chi connectivity index (χ1n) is 15.1. The zero-order valence-electron chi connectivity index (χ0n) is 25.3. The van der Waals surface area contributed by atoms with Crippen molar-refractivity contribution in [1.82, 2.24) is 15.2 Å². The maximum atomic E-state index is 12.8. The Labute approximate surface area is 262 Å². The van der Waals surface area contributed by atoms with E-state index < -0.39 is 5.97 Å². The van der Waals surface area contributed by atoms with E-state index in [4.69, 9.17) is 0 Å². The van der Waals surface area contributed by atoms with Gasteiger partial charge in [-0.2, -0.15) is 0 Å². The lowest BCUT2D eigenvalue weighted by Gasteiger charge is -2.22. The number of carboxylic acid groups (broad SMARTS) is 1. The van der Waals surface area contributed by atoms with Crippen LogP contribution < -0.4 is 5.32 Å². The molecule has 226 valence electrons. The monoisotopic (exact) mass is 615 g/mol. The van der Waals surface area contributed by atoms with Crippen molar-refractivity contribution in [2.45, 2.75) is 83.8 Å². The van der Waals surface area contributed by atoms with Gasteiger partial charge in [-0.3, -0.25) is 14.5 Å². The summed E-state index contributed by atoms with van der Waals surface area (Å²) in [5.41, 5.74) is 4.21. The topological polar surface area (TPSA) is 82.5 Å². The van der Waals surface area contributed by atoms with Crippen LogP contribution in [0.4, 0.5) is 0 Å². The summed E-state index contributed by atoms with van der Waals surface area (Å²) < 4.78 is 0. The molecule has 2 aromatic carbocycles. The number of rotatable bonds is 11. The van der Waals surface area contributed by atoms with E-state index in [2.05, 4.69) is 67.5 Å². The third-order valence-electron chi connectivity index (χ3n) is 7.99. The first-order valence-corrected chi connectivity index (χ1v) is 16.7. The number of carbonyl (C=O) groups is 2. The lowest BCUT2D eigenvalue weighted by molar-refractivity contribution is -0.138. The third-order valence-corrected chi connectivity index (χ3v) is 10.5. The molecule has 0 unspecified atom stereocenters. The summed E-state index contributed by atoms with van der Waals surface area (Å²) in [7, 11) is 0. The number of aliphatic carboxylic acids is 1. The van der Waals surface area contributed by atoms with Crippen molar-refractivity contribution in [2.75, 3.05) is 6.54 Å². The van der Waals surface area contributed by atoms with Gasteiger partial charge in [0.05, 0.1) is 13.1 Å². The summed E-state index contributed by atoms with van der Waals surface area (Å²) in [4.78, 5) is 34.2. The first-order chi connectivity index (χ1) is 20.6. The van der Waals surface area contributed by atoms with E-state index in [1.54, 1.807) is 22.7 Å². The SMILES string of the molecule is CC(C)(C)c1cnc(CN(CC(=O)O)Cc2ccc(-c3ccc(C(=O)NCc4ccc(C5CCCCC5)cc4)cc3)s2)s1. The molecule has 0 atom stereocenters. The lowest BCUT2D eigenvalue weighted by atomic mass is 9.84. The van der Waals surface area contributed by atoms with Gasteiger partial charge in [-0.15, -0.1) is 22.7 Å². The molecule has 2 heterocycles. The number of carboxylic acids is 1. The molecule has 0 saturated heterocycles. The van der Waals surface area contributed by atoms with Crippen molar-refractivity contribution in [1.29, 1.82) is 0 Å². The molecule has 2 N–H and O–H groups in total. The van der Waals surface area contributed by atoms with Gasteiger partial charge in [0, 0.05) is 39.5 Å². The highest BCUT2D eigenvalue weighted by atomic mass is 32.1. The molecule has 1 saturated carbocycles. The Bertz CT molecular complexity index is 1510. The number of nitrogens with one attached hydrogen (secondary N) is 1. The van der Waals surface area contributed by atoms with Crippen LogP contribution in [0.25, 0.3) is 10.4 Å². The minimum Gasteiger partial charge on any atom is -0.480 e. The summed E-state index contributed by atoms with van der Waals surface area (Å²) in [6, 6.07) is 20.5. The zero-order chi connectivity index (χ0) is 30.4. The maximum Gasteiger partial charge on any atom is 0.317 e. The Morgan fingerprint density at radius 2 is 1.65 bits per heavy atom. The van der Waals surface area contributed by atoms with E-state index in [1.165, 1.54) is 42.5 Å². The molecular formula is C35H41N3O3S2. The molecular weight excluding hydrogens is 575 g/mol. The van der Waals surface area contributed by atoms with Crippen LogP contribution in [0.5, 0.6) is 0 Å². The molecule has 5 rings (SSSR count). The van der Waals surface area contributed by atoms with Crippen molar-refractivity contribution in [2.24, 2.45) is 0 Å². The summed E-state index contributed by atoms with van der Waals surface area (Å²) in [5, 5.41) is 13.5. The van der Waals surface area contributed by atoms with Crippen molar-refractivity contribution >= 4 is 34.6 Å². The molecule has 43 heavy (non-hydrogen) atoms. The molecule has 0 radical (unpaired) electrons. The molecule has 0 spiro atoms. The van der Waals surface area contributed by atoms with Gasteiger partial charge >= 0.3 is 5.97 Å². The summed E-state index contributed by atoms with van der Waals surface area (Å²) in [6.07, 6.45) is 8.49. The standard InChI is InChI=1S/C35H41N3O3S2/c1-35(2,3)31-20-36-32(43-31)22-38(23-33(39)40)21-29-17-18-30(42-29)27-13-15-28(16-14-27)34(41)37-19-24-9-11-26(12-10-24)25-7-5-4-6-8-25/h9-18,20,25H,4-8,19,21-23H2,1-3H3,(H,37,41)(H,39,40). The van der Waals surface area contributed by atoms with Crippen molar-refractivity contribution in [3.05, 3.63) is 98.3 Å². The van der Waals surface area contributed by atoms with Crippen LogP contribution in [-0.2, 0) is 29.8 Å². The van der Waals surface area contributed by atoms with Crippen LogP contribution >= 0.6 is 22.7 Å². The van der Waals surface area contributed by atoms with Gasteiger partial charge in [-0.25, -0.2) is 4.98 Å². The molecule has 1 amide bonds. The van der Waals surface area contributed by atoms with Crippen LogP contribution in [0.15, 0.2) is 66.9 Å². The minimum atomic E-state index is -0.852. The van der Waals surface area contributed by atoms with Gasteiger partial charge in [-0.1, -0.05) is 76.4 Å². The highest BCUT2D eigenvalue weighted by Gasteiger charge is 2.20. The molecule has 2 aromatic heterocycles. The number of benzene rings is 2. The second kappa shape index (κ2) is 14.0. The fourth-order valence-electron chi connectivity index (χ4n) is 5.53. The fourth-order valence-corrected chi connectivity index (χ4v) is 7.61. The lowest BCUT2D eigenvalue weighted by Crippen LogP contribution is -2.28. The van der Waals surface area contributed by atoms with E-state index in [0.717, 1.165) is 25.9 Å². The van der Waals surface area contributed by atoms with E-state index in [-0.39, 0.29) is 17.9 Å². The predicted molar refractivity (Wildman–Crippen MR) is 176 cm³/mol. The Morgan fingerprint density at radius 1 is 0.930 bits per heavy atom. The van der Waals surface area contributed by atoms with Crippen LogP contribution in [0.1, 0.15) is 95.0 Å². The number of amides is 1. The van der Waals surface area contributed by atoms with E-state index >= 15 is 0 Å². The third kappa shape index (κ3) is 8.62. The van der Waals surface area contributed by atoms with Gasteiger partial charge in [0.15, 0.2) is 0 Å². The number of thiophene rings is 1. The normalized spacial score (nSPS) is 14.2. The average molecular weight is 616 g/mol. The quantitative estimate of drug-likeness (QED) is 0.178. The molecule has 6 nitrogen and oxygen atoms in total. The number of carbonyl (C=O) groups excluding carboxylic acids is 1. The van der Waals surface area contributed by atoms with Gasteiger partial charge in [0.2, 0.25) is 0 Å². The Hall–Kier alpha value is -3.33. The van der Waals surface area contributed by atoms with Gasteiger partial charge in [0.25, 0.3) is 5.91 Å². The zero-order valence-corrected chi connectivity index (χ0v) is 26.9.